The van der Waals surface area contributed by atoms with Crippen molar-refractivity contribution in [2.75, 3.05) is 5.08 Å². The summed E-state index contributed by atoms with van der Waals surface area (Å²) in [6.45, 7) is 1.57. The van der Waals surface area contributed by atoms with Crippen LogP contribution in [0.25, 0.3) is 11.3 Å². The molecule has 0 aliphatic rings. The molecule has 0 aliphatic carbocycles. The fraction of sp³-hybridized carbons (Fsp3) is 0.154. The first-order chi connectivity index (χ1) is 8.77. The molecule has 0 amide bonds. The van der Waals surface area contributed by atoms with E-state index in [1.54, 1.807) is 31.1 Å². The Morgan fingerprint density at radius 1 is 1.17 bits per heavy atom. The third-order valence-electron chi connectivity index (χ3n) is 2.17. The lowest BCUT2D eigenvalue weighted by atomic mass is 10.2. The van der Waals surface area contributed by atoms with Crippen molar-refractivity contribution in [1.29, 1.82) is 0 Å². The first-order valence-electron chi connectivity index (χ1n) is 5.40. The molecule has 0 fully saturated rings. The molecule has 0 aliphatic heterocycles. The Balaban J connectivity index is 2.18. The minimum atomic E-state index is 0.123. The second-order valence-corrected chi connectivity index (χ2v) is 5.95. The fourth-order valence-electron chi connectivity index (χ4n) is 1.39. The largest absolute Gasteiger partial charge is 0.288 e. The third-order valence-corrected chi connectivity index (χ3v) is 4.12. The maximum absolute atomic E-state index is 10.9. The van der Waals surface area contributed by atoms with E-state index in [1.165, 1.54) is 11.8 Å². The zero-order valence-corrected chi connectivity index (χ0v) is 11.5. The average molecular weight is 276 g/mol. The topological polar surface area (TPSA) is 42.9 Å². The quantitative estimate of drug-likeness (QED) is 0.632. The molecule has 0 atom stereocenters. The summed E-state index contributed by atoms with van der Waals surface area (Å²) in [5.41, 5.74) is 1.91. The molecule has 2 aromatic rings. The van der Waals surface area contributed by atoms with Gasteiger partial charge in [-0.3, -0.25) is 9.78 Å². The molecular formula is C13H12N2OS2. The second-order valence-electron chi connectivity index (χ2n) is 3.47. The van der Waals surface area contributed by atoms with Crippen LogP contribution in [0, 0.1) is 0 Å². The van der Waals surface area contributed by atoms with Crippen molar-refractivity contribution in [1.82, 2.24) is 9.97 Å². The molecule has 0 N–H and O–H groups in total. The Morgan fingerprint density at radius 3 is 2.72 bits per heavy atom. The molecule has 0 spiro atoms. The summed E-state index contributed by atoms with van der Waals surface area (Å²) in [7, 11) is 0. The van der Waals surface area contributed by atoms with Gasteiger partial charge in [-0.05, 0) is 24.3 Å². The van der Waals surface area contributed by atoms with Crippen LogP contribution in [0.1, 0.15) is 6.92 Å². The van der Waals surface area contributed by atoms with E-state index in [4.69, 9.17) is 0 Å². The van der Waals surface area contributed by atoms with Gasteiger partial charge in [0.15, 0.2) is 5.12 Å². The first-order valence-corrected chi connectivity index (χ1v) is 7.37. The van der Waals surface area contributed by atoms with Crippen molar-refractivity contribution in [3.63, 3.8) is 0 Å². The van der Waals surface area contributed by atoms with E-state index in [0.717, 1.165) is 16.3 Å². The summed E-state index contributed by atoms with van der Waals surface area (Å²) in [6.07, 6.45) is 3.52. The Morgan fingerprint density at radius 2 is 2.00 bits per heavy atom. The molecule has 2 rings (SSSR count). The number of carbonyl (C=O) groups is 1. The summed E-state index contributed by atoms with van der Waals surface area (Å²) >= 11 is 2.85. The van der Waals surface area contributed by atoms with Gasteiger partial charge in [0.05, 0.1) is 10.8 Å². The third kappa shape index (κ3) is 3.58. The number of hydrogen-bond donors (Lipinski definition) is 0. The van der Waals surface area contributed by atoms with Gasteiger partial charge in [0.1, 0.15) is 5.03 Å². The van der Waals surface area contributed by atoms with Gasteiger partial charge in [0.2, 0.25) is 0 Å². The van der Waals surface area contributed by atoms with Crippen LogP contribution < -0.4 is 0 Å². The molecule has 0 saturated heterocycles. The maximum Gasteiger partial charge on any atom is 0.186 e. The summed E-state index contributed by atoms with van der Waals surface area (Å²) in [5, 5.41) is 1.70. The molecule has 0 radical (unpaired) electrons. The molecule has 2 heterocycles. The lowest BCUT2D eigenvalue weighted by molar-refractivity contribution is -0.109. The Bertz CT molecular complexity index is 532. The van der Waals surface area contributed by atoms with Crippen molar-refractivity contribution in [2.24, 2.45) is 0 Å². The van der Waals surface area contributed by atoms with E-state index in [2.05, 4.69) is 9.97 Å². The molecule has 0 saturated carbocycles. The normalized spacial score (nSPS) is 10.3. The van der Waals surface area contributed by atoms with Gasteiger partial charge < -0.3 is 0 Å². The number of hydrogen-bond acceptors (Lipinski definition) is 5. The Labute approximate surface area is 114 Å². The zero-order valence-electron chi connectivity index (χ0n) is 9.87. The predicted octanol–water partition coefficient (Wildman–Crippen LogP) is 3.47. The molecule has 0 bridgehead atoms. The van der Waals surface area contributed by atoms with E-state index < -0.39 is 0 Å². The highest BCUT2D eigenvalue weighted by Crippen LogP contribution is 2.30. The number of pyridine rings is 2. The van der Waals surface area contributed by atoms with Gasteiger partial charge in [-0.25, -0.2) is 4.98 Å². The number of thioether (sulfide) groups is 2. The molecule has 0 unspecified atom stereocenters. The van der Waals surface area contributed by atoms with Gasteiger partial charge in [0, 0.05) is 24.9 Å². The number of rotatable bonds is 4. The van der Waals surface area contributed by atoms with E-state index in [9.17, 15) is 4.79 Å². The van der Waals surface area contributed by atoms with Crippen LogP contribution in [0.4, 0.5) is 0 Å². The SMILES string of the molecule is CC(=O)SCSc1ncccc1-c1ccccn1. The highest BCUT2D eigenvalue weighted by Gasteiger charge is 2.07. The predicted molar refractivity (Wildman–Crippen MR) is 76.5 cm³/mol. The van der Waals surface area contributed by atoms with Crippen molar-refractivity contribution in [3.8, 4) is 11.3 Å². The van der Waals surface area contributed by atoms with Gasteiger partial charge in [-0.15, -0.1) is 0 Å². The Kier molecular flexibility index (Phi) is 4.78. The van der Waals surface area contributed by atoms with Gasteiger partial charge >= 0.3 is 0 Å². The van der Waals surface area contributed by atoms with E-state index in [1.807, 2.05) is 30.3 Å². The lowest BCUT2D eigenvalue weighted by Crippen LogP contribution is -1.90. The average Bonchev–Trinajstić information content (AvgIpc) is 2.40. The number of carbonyl (C=O) groups excluding carboxylic acids is 1. The van der Waals surface area contributed by atoms with Crippen molar-refractivity contribution in [2.45, 2.75) is 11.9 Å². The highest BCUT2D eigenvalue weighted by molar-refractivity contribution is 8.23. The second kappa shape index (κ2) is 6.56. The number of aromatic nitrogens is 2. The monoisotopic (exact) mass is 276 g/mol. The number of nitrogens with zero attached hydrogens (tertiary/aromatic N) is 2. The Hall–Kier alpha value is -1.33. The standard InChI is InChI=1S/C13H12N2OS2/c1-10(16)17-9-18-13-11(5-4-8-15-13)12-6-2-3-7-14-12/h2-8H,9H2,1H3. The van der Waals surface area contributed by atoms with Crippen molar-refractivity contribution >= 4 is 28.6 Å². The fourth-order valence-corrected chi connectivity index (χ4v) is 3.20. The van der Waals surface area contributed by atoms with Crippen LogP contribution >= 0.6 is 23.5 Å². The molecule has 0 aromatic carbocycles. The highest BCUT2D eigenvalue weighted by atomic mass is 32.2. The summed E-state index contributed by atoms with van der Waals surface area (Å²) in [4.78, 5) is 19.6. The van der Waals surface area contributed by atoms with Crippen LogP contribution in [0.15, 0.2) is 47.8 Å². The minimum Gasteiger partial charge on any atom is -0.288 e. The molecule has 18 heavy (non-hydrogen) atoms. The smallest absolute Gasteiger partial charge is 0.186 e. The molecular weight excluding hydrogens is 264 g/mol. The lowest BCUT2D eigenvalue weighted by Gasteiger charge is -2.06. The van der Waals surface area contributed by atoms with Crippen molar-refractivity contribution < 1.29 is 4.79 Å². The van der Waals surface area contributed by atoms with Gasteiger partial charge in [0.25, 0.3) is 0 Å². The van der Waals surface area contributed by atoms with Crippen LogP contribution in [0.5, 0.6) is 0 Å². The van der Waals surface area contributed by atoms with Crippen LogP contribution in [-0.4, -0.2) is 20.2 Å². The zero-order chi connectivity index (χ0) is 12.8. The molecule has 3 nitrogen and oxygen atoms in total. The van der Waals surface area contributed by atoms with E-state index in [-0.39, 0.29) is 5.12 Å². The van der Waals surface area contributed by atoms with Gasteiger partial charge in [-0.1, -0.05) is 29.6 Å². The van der Waals surface area contributed by atoms with Crippen LogP contribution in [-0.2, 0) is 4.79 Å². The first kappa shape index (κ1) is 13.1. The van der Waals surface area contributed by atoms with Gasteiger partial charge in [-0.2, -0.15) is 0 Å². The maximum atomic E-state index is 10.9. The molecule has 2 aromatic heterocycles. The summed E-state index contributed by atoms with van der Waals surface area (Å²) < 4.78 is 0. The molecule has 92 valence electrons. The van der Waals surface area contributed by atoms with Crippen LogP contribution in [0.2, 0.25) is 0 Å². The van der Waals surface area contributed by atoms with Crippen molar-refractivity contribution in [3.05, 3.63) is 42.7 Å². The summed E-state index contributed by atoms with van der Waals surface area (Å²) in [5.74, 6) is 0. The van der Waals surface area contributed by atoms with Crippen LogP contribution in [0.3, 0.4) is 0 Å². The minimum absolute atomic E-state index is 0.123. The molecule has 5 heteroatoms. The van der Waals surface area contributed by atoms with E-state index >= 15 is 0 Å². The van der Waals surface area contributed by atoms with E-state index in [0.29, 0.717) is 5.08 Å². The summed E-state index contributed by atoms with van der Waals surface area (Å²) in [6, 6.07) is 9.69.